The standard InChI is InChI=1S/C18H16N4O3S/c1-10(23)19-13-5-3-12(4-6-13)17(25)21-14-7-8-16-15(9-14)22-18(26-16)20-11(2)24/h3-9H,1-2H3,(H,19,23)(H,21,25)(H,20,22,24). The van der Waals surface area contributed by atoms with Gasteiger partial charge in [0.15, 0.2) is 5.13 Å². The van der Waals surface area contributed by atoms with Crippen LogP contribution in [-0.4, -0.2) is 22.7 Å². The van der Waals surface area contributed by atoms with Crippen molar-refractivity contribution in [3.8, 4) is 0 Å². The predicted molar refractivity (Wildman–Crippen MR) is 103 cm³/mol. The number of carbonyl (C=O) groups is 3. The van der Waals surface area contributed by atoms with E-state index in [2.05, 4.69) is 20.9 Å². The topological polar surface area (TPSA) is 100 Å². The summed E-state index contributed by atoms with van der Waals surface area (Å²) in [6.45, 7) is 2.85. The fraction of sp³-hybridized carbons (Fsp3) is 0.111. The van der Waals surface area contributed by atoms with Crippen LogP contribution in [0, 0.1) is 0 Å². The van der Waals surface area contributed by atoms with E-state index in [1.807, 2.05) is 6.07 Å². The summed E-state index contributed by atoms with van der Waals surface area (Å²) in [5.41, 5.74) is 2.39. The number of benzene rings is 2. The van der Waals surface area contributed by atoms with Gasteiger partial charge in [0.2, 0.25) is 11.8 Å². The number of hydrogen-bond acceptors (Lipinski definition) is 5. The minimum atomic E-state index is -0.268. The number of carbonyl (C=O) groups excluding carboxylic acids is 3. The van der Waals surface area contributed by atoms with Gasteiger partial charge in [0.1, 0.15) is 0 Å². The van der Waals surface area contributed by atoms with Gasteiger partial charge < -0.3 is 16.0 Å². The quantitative estimate of drug-likeness (QED) is 0.656. The van der Waals surface area contributed by atoms with Gasteiger partial charge in [-0.25, -0.2) is 4.98 Å². The van der Waals surface area contributed by atoms with Gasteiger partial charge >= 0.3 is 0 Å². The third-order valence-corrected chi connectivity index (χ3v) is 4.35. The maximum Gasteiger partial charge on any atom is 0.255 e. The molecule has 7 nitrogen and oxygen atoms in total. The average molecular weight is 368 g/mol. The van der Waals surface area contributed by atoms with Crippen LogP contribution < -0.4 is 16.0 Å². The molecule has 1 aromatic heterocycles. The Labute approximate surface area is 153 Å². The highest BCUT2D eigenvalue weighted by molar-refractivity contribution is 7.22. The molecule has 1 heterocycles. The number of anilines is 3. The summed E-state index contributed by atoms with van der Waals surface area (Å²) < 4.78 is 0.909. The minimum absolute atomic E-state index is 0.169. The number of fused-ring (bicyclic) bond motifs is 1. The van der Waals surface area contributed by atoms with Crippen molar-refractivity contribution in [1.29, 1.82) is 0 Å². The van der Waals surface area contributed by atoms with E-state index in [0.29, 0.717) is 27.6 Å². The number of nitrogens with zero attached hydrogens (tertiary/aromatic N) is 1. The van der Waals surface area contributed by atoms with Gasteiger partial charge in [0.25, 0.3) is 5.91 Å². The van der Waals surface area contributed by atoms with Crippen molar-refractivity contribution >= 4 is 55.8 Å². The van der Waals surface area contributed by atoms with Gasteiger partial charge in [-0.05, 0) is 42.5 Å². The highest BCUT2D eigenvalue weighted by atomic mass is 32.1. The first-order valence-electron chi connectivity index (χ1n) is 7.78. The number of thiazole rings is 1. The number of rotatable bonds is 4. The van der Waals surface area contributed by atoms with Crippen LogP contribution >= 0.6 is 11.3 Å². The molecule has 0 atom stereocenters. The van der Waals surface area contributed by atoms with E-state index in [1.54, 1.807) is 36.4 Å². The lowest BCUT2D eigenvalue weighted by atomic mass is 10.2. The monoisotopic (exact) mass is 368 g/mol. The third-order valence-electron chi connectivity index (χ3n) is 3.40. The summed E-state index contributed by atoms with van der Waals surface area (Å²) in [7, 11) is 0. The Hall–Kier alpha value is -3.26. The molecule has 0 fully saturated rings. The van der Waals surface area contributed by atoms with Crippen LogP contribution in [0.2, 0.25) is 0 Å². The summed E-state index contributed by atoms with van der Waals surface area (Å²) in [4.78, 5) is 38.8. The van der Waals surface area contributed by atoms with Crippen LogP contribution in [0.5, 0.6) is 0 Å². The Balaban J connectivity index is 1.74. The number of amides is 3. The molecule has 26 heavy (non-hydrogen) atoms. The third kappa shape index (κ3) is 4.22. The highest BCUT2D eigenvalue weighted by Gasteiger charge is 2.09. The van der Waals surface area contributed by atoms with Gasteiger partial charge in [-0.3, -0.25) is 14.4 Å². The van der Waals surface area contributed by atoms with Crippen LogP contribution in [0.3, 0.4) is 0 Å². The Bertz CT molecular complexity index is 995. The first-order valence-corrected chi connectivity index (χ1v) is 8.59. The lowest BCUT2D eigenvalue weighted by Gasteiger charge is -2.06. The first-order chi connectivity index (χ1) is 12.4. The average Bonchev–Trinajstić information content (AvgIpc) is 2.95. The maximum absolute atomic E-state index is 12.4. The summed E-state index contributed by atoms with van der Waals surface area (Å²) in [5, 5.41) is 8.63. The molecule has 0 radical (unpaired) electrons. The van der Waals surface area contributed by atoms with Gasteiger partial charge in [-0.1, -0.05) is 11.3 Å². The summed E-state index contributed by atoms with van der Waals surface area (Å²) >= 11 is 1.37. The molecule has 0 aliphatic carbocycles. The molecular weight excluding hydrogens is 352 g/mol. The molecule has 132 valence electrons. The van der Waals surface area contributed by atoms with Crippen LogP contribution in [0.4, 0.5) is 16.5 Å². The SMILES string of the molecule is CC(=O)Nc1ccc(C(=O)Nc2ccc3sc(NC(C)=O)nc3c2)cc1. The molecule has 0 aliphatic rings. The smallest absolute Gasteiger partial charge is 0.255 e. The molecule has 3 N–H and O–H groups in total. The van der Waals surface area contributed by atoms with E-state index in [4.69, 9.17) is 0 Å². The zero-order chi connectivity index (χ0) is 18.7. The van der Waals surface area contributed by atoms with Crippen molar-refractivity contribution in [2.75, 3.05) is 16.0 Å². The Kier molecular flexibility index (Phi) is 4.94. The predicted octanol–water partition coefficient (Wildman–Crippen LogP) is 3.47. The molecule has 2 aromatic carbocycles. The number of hydrogen-bond donors (Lipinski definition) is 3. The van der Waals surface area contributed by atoms with E-state index >= 15 is 0 Å². The van der Waals surface area contributed by atoms with Crippen molar-refractivity contribution in [1.82, 2.24) is 4.98 Å². The lowest BCUT2D eigenvalue weighted by molar-refractivity contribution is -0.115. The summed E-state index contributed by atoms with van der Waals surface area (Å²) in [5.74, 6) is -0.617. The van der Waals surface area contributed by atoms with Crippen molar-refractivity contribution in [2.24, 2.45) is 0 Å². The molecule has 0 saturated heterocycles. The van der Waals surface area contributed by atoms with Crippen LogP contribution in [-0.2, 0) is 9.59 Å². The van der Waals surface area contributed by atoms with Crippen LogP contribution in [0.25, 0.3) is 10.2 Å². The van der Waals surface area contributed by atoms with Crippen LogP contribution in [0.15, 0.2) is 42.5 Å². The van der Waals surface area contributed by atoms with Gasteiger partial charge in [0, 0.05) is 30.8 Å². The summed E-state index contributed by atoms with van der Waals surface area (Å²) in [6, 6.07) is 12.0. The fourth-order valence-corrected chi connectivity index (χ4v) is 3.21. The fourth-order valence-electron chi connectivity index (χ4n) is 2.32. The van der Waals surface area contributed by atoms with Gasteiger partial charge in [-0.2, -0.15) is 0 Å². The van der Waals surface area contributed by atoms with Crippen molar-refractivity contribution in [2.45, 2.75) is 13.8 Å². The van der Waals surface area contributed by atoms with Crippen molar-refractivity contribution in [3.05, 3.63) is 48.0 Å². The van der Waals surface area contributed by atoms with Gasteiger partial charge in [0.05, 0.1) is 10.2 Å². The number of aromatic nitrogens is 1. The molecule has 3 amide bonds. The first kappa shape index (κ1) is 17.6. The van der Waals surface area contributed by atoms with E-state index < -0.39 is 0 Å². The molecule has 0 unspecified atom stereocenters. The molecule has 0 aliphatic heterocycles. The Morgan fingerprint density at radius 2 is 1.50 bits per heavy atom. The van der Waals surface area contributed by atoms with E-state index in [1.165, 1.54) is 25.2 Å². The van der Waals surface area contributed by atoms with E-state index in [9.17, 15) is 14.4 Å². The Morgan fingerprint density at radius 1 is 0.846 bits per heavy atom. The largest absolute Gasteiger partial charge is 0.326 e. The van der Waals surface area contributed by atoms with Crippen molar-refractivity contribution < 1.29 is 14.4 Å². The van der Waals surface area contributed by atoms with Crippen molar-refractivity contribution in [3.63, 3.8) is 0 Å². The molecular formula is C18H16N4O3S. The normalized spacial score (nSPS) is 10.4. The molecule has 0 saturated carbocycles. The Morgan fingerprint density at radius 3 is 2.15 bits per heavy atom. The second kappa shape index (κ2) is 7.32. The summed E-state index contributed by atoms with van der Waals surface area (Å²) in [6.07, 6.45) is 0. The highest BCUT2D eigenvalue weighted by Crippen LogP contribution is 2.28. The molecule has 3 rings (SSSR count). The second-order valence-electron chi connectivity index (χ2n) is 5.60. The van der Waals surface area contributed by atoms with Gasteiger partial charge in [-0.15, -0.1) is 0 Å². The van der Waals surface area contributed by atoms with E-state index in [0.717, 1.165) is 4.70 Å². The zero-order valence-corrected chi connectivity index (χ0v) is 14.9. The van der Waals surface area contributed by atoms with Crippen LogP contribution in [0.1, 0.15) is 24.2 Å². The zero-order valence-electron chi connectivity index (χ0n) is 14.1. The second-order valence-corrected chi connectivity index (χ2v) is 6.63. The molecule has 8 heteroatoms. The molecule has 0 bridgehead atoms. The lowest BCUT2D eigenvalue weighted by Crippen LogP contribution is -2.12. The molecule has 0 spiro atoms. The maximum atomic E-state index is 12.4. The molecule has 3 aromatic rings. The van der Waals surface area contributed by atoms with E-state index in [-0.39, 0.29) is 17.7 Å². The number of nitrogens with one attached hydrogen (secondary N) is 3. The minimum Gasteiger partial charge on any atom is -0.326 e.